The van der Waals surface area contributed by atoms with Crippen LogP contribution in [0.2, 0.25) is 0 Å². The molecule has 0 radical (unpaired) electrons. The van der Waals surface area contributed by atoms with Gasteiger partial charge in [-0.2, -0.15) is 4.99 Å². The topological polar surface area (TPSA) is 66.0 Å². The summed E-state index contributed by atoms with van der Waals surface area (Å²) in [5, 5.41) is 3.17. The molecular weight excluding hydrogens is 238 g/mol. The summed E-state index contributed by atoms with van der Waals surface area (Å²) in [4.78, 5) is 10.6. The zero-order chi connectivity index (χ0) is 13.7. The van der Waals surface area contributed by atoms with Crippen molar-refractivity contribution in [1.82, 2.24) is 4.90 Å². The Morgan fingerprint density at radius 1 is 1.21 bits per heavy atom. The van der Waals surface area contributed by atoms with Gasteiger partial charge in [-0.05, 0) is 31.9 Å². The van der Waals surface area contributed by atoms with Crippen molar-refractivity contribution >= 4 is 17.6 Å². The lowest BCUT2D eigenvalue weighted by atomic mass is 10.2. The average Bonchev–Trinajstić information content (AvgIpc) is 2.94. The van der Waals surface area contributed by atoms with Gasteiger partial charge in [-0.25, -0.2) is 0 Å². The highest BCUT2D eigenvalue weighted by atomic mass is 15.3. The summed E-state index contributed by atoms with van der Waals surface area (Å²) >= 11 is 0. The van der Waals surface area contributed by atoms with Gasteiger partial charge in [-0.1, -0.05) is 17.7 Å². The van der Waals surface area contributed by atoms with Crippen LogP contribution in [-0.4, -0.2) is 37.0 Å². The van der Waals surface area contributed by atoms with Crippen LogP contribution in [0.15, 0.2) is 34.3 Å². The van der Waals surface area contributed by atoms with E-state index in [-0.39, 0.29) is 0 Å². The first-order valence-corrected chi connectivity index (χ1v) is 6.58. The van der Waals surface area contributed by atoms with Crippen LogP contribution in [-0.2, 0) is 0 Å². The van der Waals surface area contributed by atoms with Crippen molar-refractivity contribution in [3.8, 4) is 0 Å². The van der Waals surface area contributed by atoms with Crippen LogP contribution in [0, 0.1) is 6.92 Å². The fourth-order valence-electron chi connectivity index (χ4n) is 2.03. The summed E-state index contributed by atoms with van der Waals surface area (Å²) in [6, 6.07) is 8.09. The molecule has 0 aromatic heterocycles. The smallest absolute Gasteiger partial charge is 0.225 e. The van der Waals surface area contributed by atoms with Gasteiger partial charge in [0.1, 0.15) is 0 Å². The van der Waals surface area contributed by atoms with Crippen molar-refractivity contribution in [3.05, 3.63) is 29.8 Å². The lowest BCUT2D eigenvalue weighted by Crippen LogP contribution is -2.36. The Hall–Kier alpha value is -2.04. The van der Waals surface area contributed by atoms with Crippen LogP contribution < -0.4 is 11.1 Å². The first kappa shape index (κ1) is 13.4. The number of nitrogens with two attached hydrogens (primary N) is 1. The van der Waals surface area contributed by atoms with Gasteiger partial charge in [-0.15, -0.1) is 0 Å². The van der Waals surface area contributed by atoms with E-state index in [0.717, 1.165) is 18.8 Å². The maximum absolute atomic E-state index is 5.99. The van der Waals surface area contributed by atoms with Gasteiger partial charge in [0.15, 0.2) is 5.96 Å². The number of nitrogens with zero attached hydrogens (tertiary/aromatic N) is 3. The predicted octanol–water partition coefficient (Wildman–Crippen LogP) is 1.80. The first-order chi connectivity index (χ1) is 9.19. The van der Waals surface area contributed by atoms with Crippen molar-refractivity contribution in [2.24, 2.45) is 15.7 Å². The van der Waals surface area contributed by atoms with E-state index in [0.29, 0.717) is 11.9 Å². The molecule has 0 amide bonds. The lowest BCUT2D eigenvalue weighted by molar-refractivity contribution is 0.514. The molecule has 1 fully saturated rings. The molecular formula is C14H21N5. The Balaban J connectivity index is 2.04. The second kappa shape index (κ2) is 6.22. The number of anilines is 1. The van der Waals surface area contributed by atoms with E-state index < -0.39 is 0 Å². The summed E-state index contributed by atoms with van der Waals surface area (Å²) in [7, 11) is 1.71. The van der Waals surface area contributed by atoms with E-state index in [4.69, 9.17) is 5.73 Å². The molecule has 0 aliphatic carbocycles. The molecule has 1 aliphatic rings. The van der Waals surface area contributed by atoms with Crippen molar-refractivity contribution < 1.29 is 0 Å². The maximum Gasteiger partial charge on any atom is 0.225 e. The van der Waals surface area contributed by atoms with Gasteiger partial charge in [0.2, 0.25) is 5.96 Å². The van der Waals surface area contributed by atoms with Crippen LogP contribution >= 0.6 is 0 Å². The predicted molar refractivity (Wildman–Crippen MR) is 80.6 cm³/mol. The SMILES string of the molecule is CN=C(N=C(N)N1CCCC1)Nc1ccc(C)cc1. The molecule has 1 aromatic carbocycles. The molecule has 0 bridgehead atoms. The maximum atomic E-state index is 5.99. The number of aliphatic imine (C=N–C) groups is 2. The molecule has 102 valence electrons. The normalized spacial score (nSPS) is 16.8. The van der Waals surface area contributed by atoms with Crippen molar-refractivity contribution in [3.63, 3.8) is 0 Å². The molecule has 0 saturated carbocycles. The van der Waals surface area contributed by atoms with Gasteiger partial charge in [0.25, 0.3) is 0 Å². The van der Waals surface area contributed by atoms with E-state index in [1.807, 2.05) is 24.3 Å². The van der Waals surface area contributed by atoms with E-state index in [9.17, 15) is 0 Å². The Morgan fingerprint density at radius 3 is 2.42 bits per heavy atom. The van der Waals surface area contributed by atoms with Crippen LogP contribution in [0.4, 0.5) is 5.69 Å². The number of benzene rings is 1. The Labute approximate surface area is 114 Å². The zero-order valence-corrected chi connectivity index (χ0v) is 11.6. The molecule has 5 nitrogen and oxygen atoms in total. The summed E-state index contributed by atoms with van der Waals surface area (Å²) in [6.07, 6.45) is 2.36. The Kier molecular flexibility index (Phi) is 4.39. The molecule has 3 N–H and O–H groups in total. The lowest BCUT2D eigenvalue weighted by Gasteiger charge is -2.16. The summed E-state index contributed by atoms with van der Waals surface area (Å²) in [5.74, 6) is 1.07. The first-order valence-electron chi connectivity index (χ1n) is 6.58. The highest BCUT2D eigenvalue weighted by molar-refractivity contribution is 6.01. The van der Waals surface area contributed by atoms with E-state index in [1.54, 1.807) is 7.05 Å². The summed E-state index contributed by atoms with van der Waals surface area (Å²) < 4.78 is 0. The largest absolute Gasteiger partial charge is 0.369 e. The van der Waals surface area contributed by atoms with Gasteiger partial charge in [-0.3, -0.25) is 4.99 Å². The highest BCUT2D eigenvalue weighted by Crippen LogP contribution is 2.10. The summed E-state index contributed by atoms with van der Waals surface area (Å²) in [6.45, 7) is 4.02. The Bertz CT molecular complexity index is 469. The number of nitrogens with one attached hydrogen (secondary N) is 1. The van der Waals surface area contributed by atoms with Gasteiger partial charge in [0, 0.05) is 25.8 Å². The van der Waals surface area contributed by atoms with Crippen LogP contribution in [0.1, 0.15) is 18.4 Å². The monoisotopic (exact) mass is 259 g/mol. The third-order valence-electron chi connectivity index (χ3n) is 3.17. The minimum atomic E-state index is 0.535. The molecule has 0 spiro atoms. The third-order valence-corrected chi connectivity index (χ3v) is 3.17. The van der Waals surface area contributed by atoms with Crippen LogP contribution in [0.25, 0.3) is 0 Å². The van der Waals surface area contributed by atoms with E-state index >= 15 is 0 Å². The fraction of sp³-hybridized carbons (Fsp3) is 0.429. The Morgan fingerprint density at radius 2 is 1.84 bits per heavy atom. The van der Waals surface area contributed by atoms with E-state index in [2.05, 4.69) is 27.1 Å². The van der Waals surface area contributed by atoms with Gasteiger partial charge in [0.05, 0.1) is 0 Å². The molecule has 19 heavy (non-hydrogen) atoms. The van der Waals surface area contributed by atoms with Crippen molar-refractivity contribution in [2.75, 3.05) is 25.5 Å². The minimum Gasteiger partial charge on any atom is -0.369 e. The van der Waals surface area contributed by atoms with Crippen molar-refractivity contribution in [2.45, 2.75) is 19.8 Å². The second-order valence-electron chi connectivity index (χ2n) is 4.70. The minimum absolute atomic E-state index is 0.535. The highest BCUT2D eigenvalue weighted by Gasteiger charge is 2.14. The van der Waals surface area contributed by atoms with Crippen LogP contribution in [0.5, 0.6) is 0 Å². The van der Waals surface area contributed by atoms with Crippen LogP contribution in [0.3, 0.4) is 0 Å². The summed E-state index contributed by atoms with van der Waals surface area (Å²) in [5.41, 5.74) is 8.17. The molecule has 1 aromatic rings. The molecule has 1 saturated heterocycles. The number of rotatable bonds is 1. The number of guanidine groups is 2. The average molecular weight is 259 g/mol. The number of hydrogen-bond donors (Lipinski definition) is 2. The number of likely N-dealkylation sites (tertiary alicyclic amines) is 1. The number of aryl methyl sites for hydroxylation is 1. The van der Waals surface area contributed by atoms with Crippen molar-refractivity contribution in [1.29, 1.82) is 0 Å². The molecule has 0 atom stereocenters. The second-order valence-corrected chi connectivity index (χ2v) is 4.70. The molecule has 0 unspecified atom stereocenters. The number of hydrogen-bond acceptors (Lipinski definition) is 1. The fourth-order valence-corrected chi connectivity index (χ4v) is 2.03. The molecule has 1 heterocycles. The quantitative estimate of drug-likeness (QED) is 0.597. The zero-order valence-electron chi connectivity index (χ0n) is 11.6. The molecule has 1 aliphatic heterocycles. The third kappa shape index (κ3) is 3.71. The molecule has 2 rings (SSSR count). The van der Waals surface area contributed by atoms with E-state index in [1.165, 1.54) is 18.4 Å². The van der Waals surface area contributed by atoms with Gasteiger partial charge < -0.3 is 16.0 Å². The standard InChI is InChI=1S/C14H21N5/c1-11-5-7-12(8-6-11)17-14(16-2)18-13(15)19-9-3-4-10-19/h5-8H,3-4,9-10H2,1-2H3,(H3,15,16,17,18). The molecule has 5 heteroatoms. The van der Waals surface area contributed by atoms with Gasteiger partial charge >= 0.3 is 0 Å².